The molecular weight excluding hydrogens is 232 g/mol. The lowest BCUT2D eigenvalue weighted by molar-refractivity contribution is -0.137. The van der Waals surface area contributed by atoms with Gasteiger partial charge in [0.15, 0.2) is 0 Å². The minimum atomic E-state index is -0.979. The van der Waals surface area contributed by atoms with Gasteiger partial charge in [-0.1, -0.05) is 26.0 Å². The Balaban J connectivity index is 2.82. The first-order valence-electron chi connectivity index (χ1n) is 5.70. The standard InChI is InChI=1S/C13H18N2O3/c1-8(2)10-6-9(4-5-11(10)18-3)7-15-13(17)12(14)16/h4-6,8H,7H2,1-3H3,(H2,14,16)(H,15,17). The summed E-state index contributed by atoms with van der Waals surface area (Å²) in [6.45, 7) is 4.39. The average molecular weight is 250 g/mol. The van der Waals surface area contributed by atoms with Gasteiger partial charge in [-0.2, -0.15) is 0 Å². The van der Waals surface area contributed by atoms with Crippen LogP contribution in [0.1, 0.15) is 30.9 Å². The molecular formula is C13H18N2O3. The summed E-state index contributed by atoms with van der Waals surface area (Å²) in [7, 11) is 1.62. The summed E-state index contributed by atoms with van der Waals surface area (Å²) in [6, 6.07) is 5.64. The minimum absolute atomic E-state index is 0.269. The zero-order valence-electron chi connectivity index (χ0n) is 10.8. The molecule has 0 radical (unpaired) electrons. The molecule has 5 nitrogen and oxygen atoms in total. The highest BCUT2D eigenvalue weighted by atomic mass is 16.5. The highest BCUT2D eigenvalue weighted by molar-refractivity contribution is 6.34. The molecule has 0 atom stereocenters. The van der Waals surface area contributed by atoms with Gasteiger partial charge >= 0.3 is 11.8 Å². The van der Waals surface area contributed by atoms with E-state index in [1.807, 2.05) is 18.2 Å². The molecule has 1 rings (SSSR count). The highest BCUT2D eigenvalue weighted by Crippen LogP contribution is 2.27. The average Bonchev–Trinajstić information content (AvgIpc) is 2.35. The number of amides is 2. The van der Waals surface area contributed by atoms with Gasteiger partial charge in [0.2, 0.25) is 0 Å². The van der Waals surface area contributed by atoms with Crippen LogP contribution in [0, 0.1) is 0 Å². The van der Waals surface area contributed by atoms with Gasteiger partial charge < -0.3 is 15.8 Å². The molecule has 0 bridgehead atoms. The van der Waals surface area contributed by atoms with Crippen molar-refractivity contribution in [2.75, 3.05) is 7.11 Å². The predicted molar refractivity (Wildman–Crippen MR) is 68.1 cm³/mol. The van der Waals surface area contributed by atoms with Crippen molar-refractivity contribution >= 4 is 11.8 Å². The van der Waals surface area contributed by atoms with Crippen molar-refractivity contribution < 1.29 is 14.3 Å². The molecule has 1 aromatic carbocycles. The van der Waals surface area contributed by atoms with Crippen molar-refractivity contribution in [2.24, 2.45) is 5.73 Å². The second kappa shape index (κ2) is 6.05. The fourth-order valence-corrected chi connectivity index (χ4v) is 1.61. The number of carbonyl (C=O) groups is 2. The van der Waals surface area contributed by atoms with Gasteiger partial charge in [-0.15, -0.1) is 0 Å². The lowest BCUT2D eigenvalue weighted by Crippen LogP contribution is -2.35. The van der Waals surface area contributed by atoms with Crippen LogP contribution in [0.5, 0.6) is 5.75 Å². The third-order valence-electron chi connectivity index (χ3n) is 2.59. The maximum atomic E-state index is 11.0. The Bertz CT molecular complexity index is 456. The Morgan fingerprint density at radius 3 is 2.56 bits per heavy atom. The number of ether oxygens (including phenoxy) is 1. The molecule has 0 unspecified atom stereocenters. The van der Waals surface area contributed by atoms with Crippen molar-refractivity contribution in [1.29, 1.82) is 0 Å². The smallest absolute Gasteiger partial charge is 0.309 e. The van der Waals surface area contributed by atoms with E-state index in [-0.39, 0.29) is 6.54 Å². The molecule has 0 aliphatic carbocycles. The van der Waals surface area contributed by atoms with Crippen LogP contribution in [0.3, 0.4) is 0 Å². The Hall–Kier alpha value is -2.04. The van der Waals surface area contributed by atoms with E-state index in [9.17, 15) is 9.59 Å². The van der Waals surface area contributed by atoms with Gasteiger partial charge in [-0.05, 0) is 23.1 Å². The van der Waals surface area contributed by atoms with E-state index < -0.39 is 11.8 Å². The molecule has 0 aromatic heterocycles. The van der Waals surface area contributed by atoms with Gasteiger partial charge in [-0.3, -0.25) is 9.59 Å². The van der Waals surface area contributed by atoms with E-state index >= 15 is 0 Å². The van der Waals surface area contributed by atoms with Crippen LogP contribution >= 0.6 is 0 Å². The third-order valence-corrected chi connectivity index (χ3v) is 2.59. The first-order valence-corrected chi connectivity index (χ1v) is 5.70. The van der Waals surface area contributed by atoms with E-state index in [0.29, 0.717) is 5.92 Å². The fraction of sp³-hybridized carbons (Fsp3) is 0.385. The predicted octanol–water partition coefficient (Wildman–Crippen LogP) is 0.920. The maximum absolute atomic E-state index is 11.0. The summed E-state index contributed by atoms with van der Waals surface area (Å²) in [5.74, 6) is -0.633. The number of carbonyl (C=O) groups excluding carboxylic acids is 2. The first-order chi connectivity index (χ1) is 8.45. The van der Waals surface area contributed by atoms with Crippen molar-refractivity contribution in [2.45, 2.75) is 26.3 Å². The van der Waals surface area contributed by atoms with Crippen molar-refractivity contribution in [3.8, 4) is 5.75 Å². The normalized spacial score (nSPS) is 10.2. The maximum Gasteiger partial charge on any atom is 0.309 e. The van der Waals surface area contributed by atoms with Crippen LogP contribution in [0.4, 0.5) is 0 Å². The molecule has 0 saturated heterocycles. The zero-order chi connectivity index (χ0) is 13.7. The molecule has 0 aliphatic heterocycles. The summed E-state index contributed by atoms with van der Waals surface area (Å²) in [5.41, 5.74) is 6.81. The molecule has 1 aromatic rings. The Kier molecular flexibility index (Phi) is 4.71. The van der Waals surface area contributed by atoms with E-state index in [4.69, 9.17) is 10.5 Å². The van der Waals surface area contributed by atoms with Crippen molar-refractivity contribution in [1.82, 2.24) is 5.32 Å². The molecule has 5 heteroatoms. The lowest BCUT2D eigenvalue weighted by Gasteiger charge is -2.13. The number of methoxy groups -OCH3 is 1. The van der Waals surface area contributed by atoms with Crippen LogP contribution in [0.2, 0.25) is 0 Å². The fourth-order valence-electron chi connectivity index (χ4n) is 1.61. The van der Waals surface area contributed by atoms with E-state index in [1.54, 1.807) is 7.11 Å². The van der Waals surface area contributed by atoms with Crippen LogP contribution in [-0.2, 0) is 16.1 Å². The molecule has 0 saturated carbocycles. The number of hydrogen-bond donors (Lipinski definition) is 2. The van der Waals surface area contributed by atoms with E-state index in [2.05, 4.69) is 19.2 Å². The number of nitrogens with one attached hydrogen (secondary N) is 1. The van der Waals surface area contributed by atoms with Crippen LogP contribution in [0.15, 0.2) is 18.2 Å². The molecule has 0 spiro atoms. The number of nitrogens with two attached hydrogens (primary N) is 1. The van der Waals surface area contributed by atoms with Gasteiger partial charge in [0, 0.05) is 6.54 Å². The van der Waals surface area contributed by atoms with Gasteiger partial charge in [0.25, 0.3) is 0 Å². The molecule has 98 valence electrons. The summed E-state index contributed by atoms with van der Waals surface area (Å²) < 4.78 is 5.26. The Labute approximate surface area is 106 Å². The lowest BCUT2D eigenvalue weighted by atomic mass is 9.99. The molecule has 0 aliphatic rings. The Morgan fingerprint density at radius 2 is 2.06 bits per heavy atom. The number of hydrogen-bond acceptors (Lipinski definition) is 3. The van der Waals surface area contributed by atoms with Gasteiger partial charge in [0.05, 0.1) is 7.11 Å². The number of benzene rings is 1. The molecule has 0 fully saturated rings. The van der Waals surface area contributed by atoms with Crippen LogP contribution < -0.4 is 15.8 Å². The number of primary amides is 1. The molecule has 18 heavy (non-hydrogen) atoms. The molecule has 2 amide bonds. The highest BCUT2D eigenvalue weighted by Gasteiger charge is 2.10. The van der Waals surface area contributed by atoms with Crippen molar-refractivity contribution in [3.63, 3.8) is 0 Å². The van der Waals surface area contributed by atoms with Crippen LogP contribution in [0.25, 0.3) is 0 Å². The number of rotatable bonds is 4. The zero-order valence-corrected chi connectivity index (χ0v) is 10.8. The molecule has 0 heterocycles. The summed E-state index contributed by atoms with van der Waals surface area (Å²) in [5, 5.41) is 2.45. The Morgan fingerprint density at radius 1 is 1.39 bits per heavy atom. The second-order valence-corrected chi connectivity index (χ2v) is 4.28. The molecule has 3 N–H and O–H groups in total. The summed E-state index contributed by atoms with van der Waals surface area (Å²) in [6.07, 6.45) is 0. The van der Waals surface area contributed by atoms with Crippen molar-refractivity contribution in [3.05, 3.63) is 29.3 Å². The topological polar surface area (TPSA) is 81.4 Å². The van der Waals surface area contributed by atoms with Gasteiger partial charge in [-0.25, -0.2) is 0 Å². The quantitative estimate of drug-likeness (QED) is 0.780. The summed E-state index contributed by atoms with van der Waals surface area (Å²) in [4.78, 5) is 21.6. The van der Waals surface area contributed by atoms with E-state index in [1.165, 1.54) is 0 Å². The summed E-state index contributed by atoms with van der Waals surface area (Å²) >= 11 is 0. The minimum Gasteiger partial charge on any atom is -0.496 e. The first kappa shape index (κ1) is 14.0. The SMILES string of the molecule is COc1ccc(CNC(=O)C(N)=O)cc1C(C)C. The third kappa shape index (κ3) is 3.48. The monoisotopic (exact) mass is 250 g/mol. The van der Waals surface area contributed by atoms with Gasteiger partial charge in [0.1, 0.15) is 5.75 Å². The van der Waals surface area contributed by atoms with Crippen LogP contribution in [-0.4, -0.2) is 18.9 Å². The largest absolute Gasteiger partial charge is 0.496 e. The second-order valence-electron chi connectivity index (χ2n) is 4.28. The van der Waals surface area contributed by atoms with E-state index in [0.717, 1.165) is 16.9 Å².